The van der Waals surface area contributed by atoms with E-state index >= 15 is 0 Å². The van der Waals surface area contributed by atoms with E-state index in [-0.39, 0.29) is 0 Å². The Bertz CT molecular complexity index is 821. The molecule has 2 amide bonds. The van der Waals surface area contributed by atoms with Crippen LogP contribution < -0.4 is 11.2 Å². The van der Waals surface area contributed by atoms with Crippen LogP contribution in [0.2, 0.25) is 0 Å². The van der Waals surface area contributed by atoms with Gasteiger partial charge in [0, 0.05) is 23.6 Å². The minimum absolute atomic E-state index is 0.675. The Labute approximate surface area is 128 Å². The molecular formula is C17H16N4O. The summed E-state index contributed by atoms with van der Waals surface area (Å²) < 4.78 is 2.20. The SMILES string of the molecule is NC(=O)NN=Cc1ccc2c(ccn2Cc2ccccc2)c1. The fourth-order valence-corrected chi connectivity index (χ4v) is 2.39. The molecule has 1 heterocycles. The molecule has 0 aliphatic heterocycles. The standard InChI is InChI=1S/C17H16N4O/c18-17(22)20-19-11-14-6-7-16-15(10-14)8-9-21(16)12-13-4-2-1-3-5-13/h1-11H,12H2,(H3,18,20,22). The number of nitrogens with zero attached hydrogens (tertiary/aromatic N) is 2. The van der Waals surface area contributed by atoms with Crippen LogP contribution in [0.5, 0.6) is 0 Å². The molecule has 3 N–H and O–H groups in total. The molecule has 0 aliphatic rings. The summed E-state index contributed by atoms with van der Waals surface area (Å²) in [5.74, 6) is 0. The summed E-state index contributed by atoms with van der Waals surface area (Å²) in [6.07, 6.45) is 3.64. The second-order valence-corrected chi connectivity index (χ2v) is 4.98. The highest BCUT2D eigenvalue weighted by Crippen LogP contribution is 2.18. The fraction of sp³-hybridized carbons (Fsp3) is 0.0588. The number of rotatable bonds is 4. The summed E-state index contributed by atoms with van der Waals surface area (Å²) in [7, 11) is 0. The number of hydrazone groups is 1. The first kappa shape index (κ1) is 13.9. The van der Waals surface area contributed by atoms with E-state index in [0.717, 1.165) is 23.0 Å². The predicted octanol–water partition coefficient (Wildman–Crippen LogP) is 2.69. The molecule has 0 bridgehead atoms. The van der Waals surface area contributed by atoms with Crippen LogP contribution >= 0.6 is 0 Å². The van der Waals surface area contributed by atoms with Gasteiger partial charge in [-0.05, 0) is 29.3 Å². The number of nitrogens with one attached hydrogen (secondary N) is 1. The number of hydrogen-bond donors (Lipinski definition) is 2. The smallest absolute Gasteiger partial charge is 0.332 e. The first-order valence-corrected chi connectivity index (χ1v) is 6.94. The summed E-state index contributed by atoms with van der Waals surface area (Å²) in [6.45, 7) is 0.834. The molecule has 2 aromatic carbocycles. The third-order valence-electron chi connectivity index (χ3n) is 3.38. The predicted molar refractivity (Wildman–Crippen MR) is 87.8 cm³/mol. The van der Waals surface area contributed by atoms with Gasteiger partial charge in [0.25, 0.3) is 0 Å². The van der Waals surface area contributed by atoms with Gasteiger partial charge in [-0.1, -0.05) is 36.4 Å². The molecule has 22 heavy (non-hydrogen) atoms. The largest absolute Gasteiger partial charge is 0.350 e. The summed E-state index contributed by atoms with van der Waals surface area (Å²) in [5, 5.41) is 4.89. The lowest BCUT2D eigenvalue weighted by molar-refractivity contribution is 0.249. The topological polar surface area (TPSA) is 72.4 Å². The Kier molecular flexibility index (Phi) is 3.87. The molecule has 5 nitrogen and oxygen atoms in total. The van der Waals surface area contributed by atoms with Crippen molar-refractivity contribution < 1.29 is 4.79 Å². The average molecular weight is 292 g/mol. The third-order valence-corrected chi connectivity index (χ3v) is 3.38. The van der Waals surface area contributed by atoms with Gasteiger partial charge in [-0.2, -0.15) is 5.10 Å². The molecule has 0 spiro atoms. The van der Waals surface area contributed by atoms with Crippen LogP contribution in [-0.2, 0) is 6.54 Å². The first-order valence-electron chi connectivity index (χ1n) is 6.94. The van der Waals surface area contributed by atoms with Crippen molar-refractivity contribution in [2.24, 2.45) is 10.8 Å². The van der Waals surface area contributed by atoms with Gasteiger partial charge in [0.15, 0.2) is 0 Å². The zero-order valence-corrected chi connectivity index (χ0v) is 11.9. The normalized spacial score (nSPS) is 11.1. The van der Waals surface area contributed by atoms with Gasteiger partial charge in [0.1, 0.15) is 0 Å². The number of urea groups is 1. The summed E-state index contributed by atoms with van der Waals surface area (Å²) in [6, 6.07) is 17.7. The lowest BCUT2D eigenvalue weighted by Gasteiger charge is -2.05. The van der Waals surface area contributed by atoms with Crippen molar-refractivity contribution in [3.8, 4) is 0 Å². The Morgan fingerprint density at radius 3 is 2.77 bits per heavy atom. The fourth-order valence-electron chi connectivity index (χ4n) is 2.39. The lowest BCUT2D eigenvalue weighted by Crippen LogP contribution is -2.24. The molecule has 110 valence electrons. The van der Waals surface area contributed by atoms with Crippen molar-refractivity contribution in [1.29, 1.82) is 0 Å². The van der Waals surface area contributed by atoms with Crippen LogP contribution in [0.1, 0.15) is 11.1 Å². The third kappa shape index (κ3) is 3.15. The van der Waals surface area contributed by atoms with Crippen LogP contribution in [-0.4, -0.2) is 16.8 Å². The minimum Gasteiger partial charge on any atom is -0.350 e. The zero-order valence-electron chi connectivity index (χ0n) is 11.9. The van der Waals surface area contributed by atoms with Gasteiger partial charge in [-0.3, -0.25) is 0 Å². The molecule has 0 saturated carbocycles. The quantitative estimate of drug-likeness (QED) is 0.563. The number of amides is 2. The van der Waals surface area contributed by atoms with E-state index in [1.54, 1.807) is 6.21 Å². The second-order valence-electron chi connectivity index (χ2n) is 4.98. The van der Waals surface area contributed by atoms with E-state index in [9.17, 15) is 4.79 Å². The lowest BCUT2D eigenvalue weighted by atomic mass is 10.1. The molecule has 0 aliphatic carbocycles. The maximum absolute atomic E-state index is 10.6. The van der Waals surface area contributed by atoms with Crippen molar-refractivity contribution >= 4 is 23.1 Å². The van der Waals surface area contributed by atoms with Crippen molar-refractivity contribution in [3.05, 3.63) is 71.9 Å². The van der Waals surface area contributed by atoms with Crippen molar-refractivity contribution in [1.82, 2.24) is 9.99 Å². The number of fused-ring (bicyclic) bond motifs is 1. The number of primary amides is 1. The van der Waals surface area contributed by atoms with Gasteiger partial charge in [-0.15, -0.1) is 0 Å². The highest BCUT2D eigenvalue weighted by atomic mass is 16.2. The number of hydrogen-bond acceptors (Lipinski definition) is 2. The van der Waals surface area contributed by atoms with Gasteiger partial charge < -0.3 is 10.3 Å². The number of nitrogens with two attached hydrogens (primary N) is 1. The Morgan fingerprint density at radius 1 is 1.18 bits per heavy atom. The summed E-state index contributed by atoms with van der Waals surface area (Å²) in [5.41, 5.74) is 10.5. The maximum atomic E-state index is 10.6. The molecule has 0 fully saturated rings. The average Bonchev–Trinajstić information content (AvgIpc) is 2.90. The van der Waals surface area contributed by atoms with Crippen molar-refractivity contribution in [2.45, 2.75) is 6.54 Å². The van der Waals surface area contributed by atoms with Crippen molar-refractivity contribution in [3.63, 3.8) is 0 Å². The van der Waals surface area contributed by atoms with Crippen LogP contribution in [0, 0.1) is 0 Å². The van der Waals surface area contributed by atoms with Gasteiger partial charge in [-0.25, -0.2) is 10.2 Å². The second kappa shape index (κ2) is 6.13. The Hall–Kier alpha value is -3.08. The molecule has 3 rings (SSSR count). The number of benzene rings is 2. The Morgan fingerprint density at radius 2 is 2.00 bits per heavy atom. The van der Waals surface area contributed by atoms with Crippen LogP contribution in [0.15, 0.2) is 65.9 Å². The molecule has 1 aromatic heterocycles. The summed E-state index contributed by atoms with van der Waals surface area (Å²) in [4.78, 5) is 10.6. The molecular weight excluding hydrogens is 276 g/mol. The number of aromatic nitrogens is 1. The monoisotopic (exact) mass is 292 g/mol. The van der Waals surface area contributed by atoms with E-state index < -0.39 is 6.03 Å². The van der Waals surface area contributed by atoms with E-state index in [1.165, 1.54) is 5.56 Å². The highest BCUT2D eigenvalue weighted by Gasteiger charge is 2.02. The van der Waals surface area contributed by atoms with E-state index in [4.69, 9.17) is 5.73 Å². The maximum Gasteiger partial charge on any atom is 0.332 e. The van der Waals surface area contributed by atoms with Crippen LogP contribution in [0.25, 0.3) is 10.9 Å². The Balaban J connectivity index is 1.83. The highest BCUT2D eigenvalue weighted by molar-refractivity contribution is 5.89. The number of carbonyl (C=O) groups is 1. The summed E-state index contributed by atoms with van der Waals surface area (Å²) >= 11 is 0. The van der Waals surface area contributed by atoms with Gasteiger partial charge >= 0.3 is 6.03 Å². The zero-order chi connectivity index (χ0) is 15.4. The van der Waals surface area contributed by atoms with E-state index in [0.29, 0.717) is 0 Å². The molecule has 0 saturated heterocycles. The molecule has 0 unspecified atom stereocenters. The molecule has 3 aromatic rings. The van der Waals surface area contributed by atoms with E-state index in [2.05, 4.69) is 39.5 Å². The van der Waals surface area contributed by atoms with E-state index in [1.807, 2.05) is 36.4 Å². The van der Waals surface area contributed by atoms with Crippen molar-refractivity contribution in [2.75, 3.05) is 0 Å². The molecule has 0 radical (unpaired) electrons. The van der Waals surface area contributed by atoms with Crippen LogP contribution in [0.4, 0.5) is 4.79 Å². The number of carbonyl (C=O) groups excluding carboxylic acids is 1. The molecule has 0 atom stereocenters. The first-order chi connectivity index (χ1) is 10.7. The minimum atomic E-state index is -0.675. The van der Waals surface area contributed by atoms with Crippen LogP contribution in [0.3, 0.4) is 0 Å². The van der Waals surface area contributed by atoms with Gasteiger partial charge in [0.05, 0.1) is 6.21 Å². The van der Waals surface area contributed by atoms with Gasteiger partial charge in [0.2, 0.25) is 0 Å². The molecule has 5 heteroatoms.